The van der Waals surface area contributed by atoms with Crippen LogP contribution in [0.3, 0.4) is 0 Å². The Hall–Kier alpha value is -2.60. The molecule has 3 aromatic heterocycles. The molecule has 0 N–H and O–H groups in total. The molecule has 0 aliphatic carbocycles. The van der Waals surface area contributed by atoms with Gasteiger partial charge in [-0.25, -0.2) is 4.39 Å². The average molecular weight is 457 g/mol. The summed E-state index contributed by atoms with van der Waals surface area (Å²) in [4.78, 5) is 10.7. The summed E-state index contributed by atoms with van der Waals surface area (Å²) in [5.41, 5.74) is 4.13. The van der Waals surface area contributed by atoms with E-state index in [0.29, 0.717) is 10.6 Å². The Bertz CT molecular complexity index is 1400. The maximum atomic E-state index is 13.9. The highest BCUT2D eigenvalue weighted by Crippen LogP contribution is 2.36. The van der Waals surface area contributed by atoms with Crippen molar-refractivity contribution in [1.29, 1.82) is 0 Å². The molecule has 0 saturated carbocycles. The number of halogens is 3. The van der Waals surface area contributed by atoms with Gasteiger partial charge in [-0.05, 0) is 42.6 Å². The van der Waals surface area contributed by atoms with Gasteiger partial charge in [0.15, 0.2) is 6.10 Å². The minimum absolute atomic E-state index is 0.0324. The Morgan fingerprint density at radius 2 is 1.97 bits per heavy atom. The second-order valence-electron chi connectivity index (χ2n) is 6.92. The molecule has 5 rings (SSSR count). The van der Waals surface area contributed by atoms with Gasteiger partial charge in [0.2, 0.25) is 0 Å². The summed E-state index contributed by atoms with van der Waals surface area (Å²) in [7, 11) is 0. The highest BCUT2D eigenvalue weighted by molar-refractivity contribution is 7.17. The highest BCUT2D eigenvalue weighted by Gasteiger charge is 2.20. The summed E-state index contributed by atoms with van der Waals surface area (Å²) in [5.74, 6) is -0.530. The van der Waals surface area contributed by atoms with E-state index in [4.69, 9.17) is 28.0 Å². The van der Waals surface area contributed by atoms with E-state index in [-0.39, 0.29) is 5.02 Å². The first-order valence-electron chi connectivity index (χ1n) is 9.27. The van der Waals surface area contributed by atoms with Crippen molar-refractivity contribution in [3.63, 3.8) is 0 Å². The minimum Gasteiger partial charge on any atom is -0.406 e. The van der Waals surface area contributed by atoms with Crippen LogP contribution in [-0.4, -0.2) is 9.71 Å². The van der Waals surface area contributed by atoms with E-state index in [9.17, 15) is 4.39 Å². The topological polar surface area (TPSA) is 27.1 Å². The van der Waals surface area contributed by atoms with E-state index >= 15 is 0 Å². The quantitative estimate of drug-likeness (QED) is 0.261. The van der Waals surface area contributed by atoms with E-state index in [0.717, 1.165) is 22.2 Å². The van der Waals surface area contributed by atoms with Crippen LogP contribution in [0.25, 0.3) is 32.2 Å². The molecule has 3 nitrogen and oxygen atoms in total. The van der Waals surface area contributed by atoms with Crippen LogP contribution in [0.2, 0.25) is 10.0 Å². The van der Waals surface area contributed by atoms with Crippen LogP contribution in [-0.2, 0) is 0 Å². The van der Waals surface area contributed by atoms with E-state index in [2.05, 4.69) is 22.5 Å². The van der Waals surface area contributed by atoms with Crippen molar-refractivity contribution >= 4 is 55.7 Å². The number of hydrogen-bond donors (Lipinski definition) is 0. The third-order valence-electron chi connectivity index (χ3n) is 5.05. The van der Waals surface area contributed by atoms with Gasteiger partial charge in [-0.2, -0.15) is 4.73 Å². The lowest BCUT2D eigenvalue weighted by atomic mass is 10.1. The zero-order chi connectivity index (χ0) is 20.8. The van der Waals surface area contributed by atoms with Gasteiger partial charge in [0.05, 0.1) is 10.5 Å². The van der Waals surface area contributed by atoms with Crippen molar-refractivity contribution in [2.24, 2.45) is 0 Å². The number of hydrogen-bond acceptors (Lipinski definition) is 3. The van der Waals surface area contributed by atoms with Crippen molar-refractivity contribution in [3.05, 3.63) is 87.7 Å². The van der Waals surface area contributed by atoms with Crippen LogP contribution in [0.5, 0.6) is 0 Å². The molecule has 30 heavy (non-hydrogen) atoms. The molecule has 0 bridgehead atoms. The zero-order valence-corrected chi connectivity index (χ0v) is 18.1. The first kappa shape index (κ1) is 19.4. The fourth-order valence-electron chi connectivity index (χ4n) is 3.57. The summed E-state index contributed by atoms with van der Waals surface area (Å²) < 4.78 is 16.8. The number of pyridine rings is 1. The smallest absolute Gasteiger partial charge is 0.150 e. The first-order chi connectivity index (χ1) is 14.5. The molecular weight excluding hydrogens is 442 g/mol. The van der Waals surface area contributed by atoms with Crippen molar-refractivity contribution < 1.29 is 9.23 Å². The fourth-order valence-corrected chi connectivity index (χ4v) is 5.21. The van der Waals surface area contributed by atoms with Gasteiger partial charge in [-0.1, -0.05) is 41.4 Å². The second kappa shape index (κ2) is 7.58. The van der Waals surface area contributed by atoms with Crippen LogP contribution in [0, 0.1) is 5.82 Å². The predicted molar refractivity (Wildman–Crippen MR) is 122 cm³/mol. The highest BCUT2D eigenvalue weighted by atomic mass is 35.5. The Labute approximate surface area is 186 Å². The zero-order valence-electron chi connectivity index (χ0n) is 15.8. The van der Waals surface area contributed by atoms with Crippen LogP contribution >= 0.6 is 34.5 Å². The van der Waals surface area contributed by atoms with Gasteiger partial charge in [-0.15, -0.1) is 11.3 Å². The van der Waals surface area contributed by atoms with Gasteiger partial charge in [0.1, 0.15) is 11.3 Å². The standard InChI is InChI=1S/C23H15Cl2FN2OS/c1-13(22-17(24)6-7-18(26)23(22)25)29-28-9-8-19-20(28)10-14(11-27-19)16-12-30-21-5-3-2-4-15(16)21/h2-13H,1H3. The Morgan fingerprint density at radius 3 is 2.83 bits per heavy atom. The Kier molecular flexibility index (Phi) is 4.89. The number of thiophene rings is 1. The lowest BCUT2D eigenvalue weighted by molar-refractivity contribution is 0.0562. The SMILES string of the molecule is CC(On1ccc2ncc(-c3csc4ccccc34)cc21)c1c(Cl)ccc(F)c1Cl. The molecule has 1 unspecified atom stereocenters. The second-order valence-corrected chi connectivity index (χ2v) is 8.62. The van der Waals surface area contributed by atoms with Crippen molar-refractivity contribution in [1.82, 2.24) is 9.71 Å². The van der Waals surface area contributed by atoms with Gasteiger partial charge in [0, 0.05) is 44.2 Å². The molecule has 0 amide bonds. The molecule has 0 fully saturated rings. The van der Waals surface area contributed by atoms with Crippen molar-refractivity contribution in [2.75, 3.05) is 0 Å². The lowest BCUT2D eigenvalue weighted by Gasteiger charge is -2.18. The summed E-state index contributed by atoms with van der Waals surface area (Å²) in [6.45, 7) is 1.78. The van der Waals surface area contributed by atoms with Crippen LogP contribution in [0.1, 0.15) is 18.6 Å². The molecule has 2 aromatic carbocycles. The fraction of sp³-hybridized carbons (Fsp3) is 0.0870. The average Bonchev–Trinajstić information content (AvgIpc) is 3.35. The molecular formula is C23H15Cl2FN2OS. The number of nitrogens with zero attached hydrogens (tertiary/aromatic N) is 2. The van der Waals surface area contributed by atoms with Crippen LogP contribution in [0.15, 0.2) is 66.3 Å². The van der Waals surface area contributed by atoms with Crippen molar-refractivity contribution in [3.8, 4) is 11.1 Å². The third kappa shape index (κ3) is 3.23. The van der Waals surface area contributed by atoms with Crippen LogP contribution < -0.4 is 4.84 Å². The summed E-state index contributed by atoms with van der Waals surface area (Å²) in [5, 5.41) is 3.65. The van der Waals surface area contributed by atoms with E-state index < -0.39 is 11.9 Å². The normalized spacial score (nSPS) is 12.5. The maximum Gasteiger partial charge on any atom is 0.150 e. The van der Waals surface area contributed by atoms with Gasteiger partial charge >= 0.3 is 0 Å². The number of aromatic nitrogens is 2. The molecule has 3 heterocycles. The summed E-state index contributed by atoms with van der Waals surface area (Å²) in [6.07, 6.45) is 3.08. The van der Waals surface area contributed by atoms with Gasteiger partial charge in [-0.3, -0.25) is 4.98 Å². The molecule has 5 aromatic rings. The molecule has 150 valence electrons. The molecule has 7 heteroatoms. The molecule has 0 saturated heterocycles. The minimum atomic E-state index is -0.568. The molecule has 1 atom stereocenters. The van der Waals surface area contributed by atoms with Crippen molar-refractivity contribution in [2.45, 2.75) is 13.0 Å². The van der Waals surface area contributed by atoms with Crippen LogP contribution in [0.4, 0.5) is 4.39 Å². The number of rotatable bonds is 4. The maximum absolute atomic E-state index is 13.9. The van der Waals surface area contributed by atoms with Gasteiger partial charge < -0.3 is 4.84 Å². The molecule has 0 radical (unpaired) electrons. The first-order valence-corrected chi connectivity index (χ1v) is 10.9. The summed E-state index contributed by atoms with van der Waals surface area (Å²) >= 11 is 14.1. The van der Waals surface area contributed by atoms with E-state index in [1.807, 2.05) is 30.5 Å². The Morgan fingerprint density at radius 1 is 1.13 bits per heavy atom. The lowest BCUT2D eigenvalue weighted by Crippen LogP contribution is -2.16. The van der Waals surface area contributed by atoms with E-state index in [1.54, 1.807) is 29.2 Å². The number of benzene rings is 2. The predicted octanol–water partition coefficient (Wildman–Crippen LogP) is 7.55. The van der Waals surface area contributed by atoms with Gasteiger partial charge in [0.25, 0.3) is 0 Å². The molecule has 0 aliphatic heterocycles. The molecule has 0 spiro atoms. The monoisotopic (exact) mass is 456 g/mol. The summed E-state index contributed by atoms with van der Waals surface area (Å²) in [6, 6.07) is 14.9. The van der Waals surface area contributed by atoms with E-state index in [1.165, 1.54) is 22.2 Å². The Balaban J connectivity index is 1.55. The third-order valence-corrected chi connectivity index (χ3v) is 6.73. The molecule has 0 aliphatic rings. The largest absolute Gasteiger partial charge is 0.406 e. The number of fused-ring (bicyclic) bond motifs is 2.